The quantitative estimate of drug-likeness (QED) is 0.651. The molecule has 1 rings (SSSR count). The van der Waals surface area contributed by atoms with E-state index in [1.165, 1.54) is 6.33 Å². The first-order chi connectivity index (χ1) is 6.33. The second-order valence-corrected chi connectivity index (χ2v) is 2.52. The van der Waals surface area contributed by atoms with Crippen LogP contribution in [-0.4, -0.2) is 22.4 Å². The Balaban J connectivity index is 2.31. The molecule has 0 atom stereocenters. The highest BCUT2D eigenvalue weighted by atomic mass is 16.1. The highest BCUT2D eigenvalue weighted by Crippen LogP contribution is 1.89. The molecule has 1 amide bonds. The molecular weight excluding hydrogens is 168 g/mol. The third-order valence-corrected chi connectivity index (χ3v) is 1.48. The number of nitrogens with one attached hydrogen (secondary N) is 1. The lowest BCUT2D eigenvalue weighted by atomic mass is 10.3. The molecule has 1 heterocycles. The molecule has 0 radical (unpaired) electrons. The van der Waals surface area contributed by atoms with Gasteiger partial charge in [0, 0.05) is 19.2 Å². The van der Waals surface area contributed by atoms with Crippen molar-refractivity contribution >= 4 is 5.91 Å². The molecule has 1 aromatic heterocycles. The first kappa shape index (κ1) is 9.60. The zero-order chi connectivity index (χ0) is 9.52. The third kappa shape index (κ3) is 3.62. The van der Waals surface area contributed by atoms with Gasteiger partial charge in [-0.25, -0.2) is 9.97 Å². The van der Waals surface area contributed by atoms with Gasteiger partial charge in [0.2, 0.25) is 5.91 Å². The molecule has 0 aliphatic carbocycles. The SMILES string of the molecule is NCCC(=O)NCc1ccncn1. The minimum Gasteiger partial charge on any atom is -0.350 e. The van der Waals surface area contributed by atoms with Crippen LogP contribution in [0.25, 0.3) is 0 Å². The molecule has 13 heavy (non-hydrogen) atoms. The van der Waals surface area contributed by atoms with E-state index in [-0.39, 0.29) is 5.91 Å². The fourth-order valence-electron chi connectivity index (χ4n) is 0.831. The molecule has 0 unspecified atom stereocenters. The monoisotopic (exact) mass is 180 g/mol. The van der Waals surface area contributed by atoms with Crippen molar-refractivity contribution in [2.45, 2.75) is 13.0 Å². The zero-order valence-electron chi connectivity index (χ0n) is 7.23. The van der Waals surface area contributed by atoms with E-state index in [9.17, 15) is 4.79 Å². The fraction of sp³-hybridized carbons (Fsp3) is 0.375. The van der Waals surface area contributed by atoms with Gasteiger partial charge in [0.05, 0.1) is 12.2 Å². The van der Waals surface area contributed by atoms with Crippen molar-refractivity contribution in [1.29, 1.82) is 0 Å². The number of hydrogen-bond donors (Lipinski definition) is 2. The molecule has 0 aromatic carbocycles. The minimum atomic E-state index is -0.0545. The number of hydrogen-bond acceptors (Lipinski definition) is 4. The fourth-order valence-corrected chi connectivity index (χ4v) is 0.831. The lowest BCUT2D eigenvalue weighted by molar-refractivity contribution is -0.121. The molecule has 3 N–H and O–H groups in total. The highest BCUT2D eigenvalue weighted by Gasteiger charge is 1.98. The van der Waals surface area contributed by atoms with E-state index >= 15 is 0 Å². The van der Waals surface area contributed by atoms with Gasteiger partial charge in [-0.15, -0.1) is 0 Å². The predicted molar refractivity (Wildman–Crippen MR) is 47.6 cm³/mol. The van der Waals surface area contributed by atoms with Gasteiger partial charge < -0.3 is 11.1 Å². The molecule has 0 aliphatic heterocycles. The summed E-state index contributed by atoms with van der Waals surface area (Å²) in [4.78, 5) is 18.7. The summed E-state index contributed by atoms with van der Waals surface area (Å²) in [6.45, 7) is 0.803. The second-order valence-electron chi connectivity index (χ2n) is 2.52. The van der Waals surface area contributed by atoms with E-state index in [0.717, 1.165) is 5.69 Å². The lowest BCUT2D eigenvalue weighted by Gasteiger charge is -2.02. The van der Waals surface area contributed by atoms with E-state index in [0.29, 0.717) is 19.5 Å². The van der Waals surface area contributed by atoms with Crippen LogP contribution in [0.1, 0.15) is 12.1 Å². The summed E-state index contributed by atoms with van der Waals surface area (Å²) >= 11 is 0. The molecule has 0 fully saturated rings. The molecule has 0 bridgehead atoms. The summed E-state index contributed by atoms with van der Waals surface area (Å²) in [6, 6.07) is 1.75. The van der Waals surface area contributed by atoms with Crippen molar-refractivity contribution in [3.05, 3.63) is 24.3 Å². The van der Waals surface area contributed by atoms with Crippen molar-refractivity contribution in [3.63, 3.8) is 0 Å². The Kier molecular flexibility index (Phi) is 3.84. The number of nitrogens with zero attached hydrogens (tertiary/aromatic N) is 2. The number of nitrogens with two attached hydrogens (primary N) is 1. The summed E-state index contributed by atoms with van der Waals surface area (Å²) in [7, 11) is 0. The summed E-state index contributed by atoms with van der Waals surface area (Å²) in [5.41, 5.74) is 6.00. The van der Waals surface area contributed by atoms with Gasteiger partial charge in [-0.3, -0.25) is 4.79 Å². The summed E-state index contributed by atoms with van der Waals surface area (Å²) in [5.74, 6) is -0.0545. The molecule has 5 heteroatoms. The van der Waals surface area contributed by atoms with Crippen molar-refractivity contribution in [3.8, 4) is 0 Å². The normalized spacial score (nSPS) is 9.62. The van der Waals surface area contributed by atoms with Crippen molar-refractivity contribution in [1.82, 2.24) is 15.3 Å². The molecule has 0 aliphatic rings. The standard InChI is InChI=1S/C8H12N4O/c9-3-1-8(13)11-5-7-2-4-10-6-12-7/h2,4,6H,1,3,5,9H2,(H,11,13). The van der Waals surface area contributed by atoms with Crippen LogP contribution in [0, 0.1) is 0 Å². The summed E-state index contributed by atoms with van der Waals surface area (Å²) in [5, 5.41) is 2.69. The number of rotatable bonds is 4. The van der Waals surface area contributed by atoms with Crippen molar-refractivity contribution in [2.75, 3.05) is 6.54 Å². The third-order valence-electron chi connectivity index (χ3n) is 1.48. The van der Waals surface area contributed by atoms with Crippen molar-refractivity contribution in [2.24, 2.45) is 5.73 Å². The average Bonchev–Trinajstić information content (AvgIpc) is 2.17. The Morgan fingerprint density at radius 1 is 1.62 bits per heavy atom. The van der Waals surface area contributed by atoms with Crippen LogP contribution < -0.4 is 11.1 Å². The maximum absolute atomic E-state index is 11.0. The summed E-state index contributed by atoms with van der Waals surface area (Å²) < 4.78 is 0. The number of amides is 1. The Bertz CT molecular complexity index is 262. The van der Waals surface area contributed by atoms with E-state index < -0.39 is 0 Å². The Morgan fingerprint density at radius 2 is 2.46 bits per heavy atom. The smallest absolute Gasteiger partial charge is 0.221 e. The molecular formula is C8H12N4O. The molecule has 0 saturated carbocycles. The van der Waals surface area contributed by atoms with E-state index in [1.807, 2.05) is 0 Å². The largest absolute Gasteiger partial charge is 0.350 e. The molecule has 70 valence electrons. The minimum absolute atomic E-state index is 0.0545. The predicted octanol–water partition coefficient (Wildman–Crippen LogP) is -0.558. The van der Waals surface area contributed by atoms with Crippen LogP contribution in [0.3, 0.4) is 0 Å². The Hall–Kier alpha value is -1.49. The van der Waals surface area contributed by atoms with Gasteiger partial charge in [0.15, 0.2) is 0 Å². The van der Waals surface area contributed by atoms with Crippen LogP contribution in [0.5, 0.6) is 0 Å². The molecule has 1 aromatic rings. The van der Waals surface area contributed by atoms with Gasteiger partial charge >= 0.3 is 0 Å². The van der Waals surface area contributed by atoms with Gasteiger partial charge in [-0.1, -0.05) is 0 Å². The first-order valence-electron chi connectivity index (χ1n) is 4.04. The van der Waals surface area contributed by atoms with Crippen LogP contribution in [-0.2, 0) is 11.3 Å². The maximum atomic E-state index is 11.0. The van der Waals surface area contributed by atoms with Gasteiger partial charge in [-0.05, 0) is 6.07 Å². The van der Waals surface area contributed by atoms with Crippen LogP contribution in [0.2, 0.25) is 0 Å². The Labute approximate surface area is 76.4 Å². The topological polar surface area (TPSA) is 80.9 Å². The highest BCUT2D eigenvalue weighted by molar-refractivity contribution is 5.75. The Morgan fingerprint density at radius 3 is 3.08 bits per heavy atom. The first-order valence-corrected chi connectivity index (χ1v) is 4.04. The van der Waals surface area contributed by atoms with Crippen LogP contribution in [0.15, 0.2) is 18.6 Å². The number of carbonyl (C=O) groups excluding carboxylic acids is 1. The molecule has 5 nitrogen and oxygen atoms in total. The van der Waals surface area contributed by atoms with Crippen LogP contribution >= 0.6 is 0 Å². The van der Waals surface area contributed by atoms with Crippen LogP contribution in [0.4, 0.5) is 0 Å². The van der Waals surface area contributed by atoms with Gasteiger partial charge in [0.25, 0.3) is 0 Å². The van der Waals surface area contributed by atoms with Crippen molar-refractivity contribution < 1.29 is 4.79 Å². The van der Waals surface area contributed by atoms with E-state index in [1.54, 1.807) is 12.3 Å². The van der Waals surface area contributed by atoms with E-state index in [4.69, 9.17) is 5.73 Å². The van der Waals surface area contributed by atoms with Gasteiger partial charge in [-0.2, -0.15) is 0 Å². The zero-order valence-corrected chi connectivity index (χ0v) is 7.23. The maximum Gasteiger partial charge on any atom is 0.221 e. The molecule has 0 saturated heterocycles. The second kappa shape index (κ2) is 5.21. The van der Waals surface area contributed by atoms with E-state index in [2.05, 4.69) is 15.3 Å². The number of carbonyl (C=O) groups is 1. The average molecular weight is 180 g/mol. The lowest BCUT2D eigenvalue weighted by Crippen LogP contribution is -2.25. The van der Waals surface area contributed by atoms with Gasteiger partial charge in [0.1, 0.15) is 6.33 Å². The number of aromatic nitrogens is 2. The molecule has 0 spiro atoms. The summed E-state index contributed by atoms with van der Waals surface area (Å²) in [6.07, 6.45) is 3.44.